The predicted molar refractivity (Wildman–Crippen MR) is 81.6 cm³/mol. The monoisotopic (exact) mass is 313 g/mol. The quantitative estimate of drug-likeness (QED) is 0.725. The van der Waals surface area contributed by atoms with E-state index < -0.39 is 16.0 Å². The molecular weight excluding hydrogens is 290 g/mol. The minimum Gasteiger partial charge on any atom is -0.465 e. The highest BCUT2D eigenvalue weighted by molar-refractivity contribution is 7.89. The van der Waals surface area contributed by atoms with Crippen molar-refractivity contribution >= 4 is 16.0 Å². The Balaban J connectivity index is 2.98. The lowest BCUT2D eigenvalue weighted by Gasteiger charge is -2.19. The second kappa shape index (κ2) is 7.56. The molecule has 0 bridgehead atoms. The lowest BCUT2D eigenvalue weighted by Crippen LogP contribution is -2.36. The van der Waals surface area contributed by atoms with Crippen molar-refractivity contribution in [3.63, 3.8) is 0 Å². The molecule has 0 radical (unpaired) electrons. The van der Waals surface area contributed by atoms with Crippen molar-refractivity contribution in [2.24, 2.45) is 0 Å². The van der Waals surface area contributed by atoms with E-state index >= 15 is 0 Å². The molecule has 0 spiro atoms. The van der Waals surface area contributed by atoms with Crippen LogP contribution in [0.4, 0.5) is 0 Å². The third-order valence-electron chi connectivity index (χ3n) is 3.15. The van der Waals surface area contributed by atoms with Crippen LogP contribution in [0.25, 0.3) is 0 Å². The largest absolute Gasteiger partial charge is 0.465 e. The number of carbonyl (C=O) groups excluding carboxylic acids is 1. The summed E-state index contributed by atoms with van der Waals surface area (Å²) in [7, 11) is -3.67. The van der Waals surface area contributed by atoms with Gasteiger partial charge in [0.1, 0.15) is 6.54 Å². The van der Waals surface area contributed by atoms with Crippen LogP contribution in [0.2, 0.25) is 0 Å². The summed E-state index contributed by atoms with van der Waals surface area (Å²) in [5.41, 5.74) is 1.07. The maximum Gasteiger partial charge on any atom is 0.321 e. The van der Waals surface area contributed by atoms with E-state index in [2.05, 4.69) is 0 Å². The molecule has 0 atom stereocenters. The Hall–Kier alpha value is -1.40. The number of ether oxygens (including phenoxy) is 1. The Labute approximate surface area is 127 Å². The Morgan fingerprint density at radius 3 is 2.19 bits per heavy atom. The second-order valence-corrected chi connectivity index (χ2v) is 6.90. The highest BCUT2D eigenvalue weighted by atomic mass is 32.2. The van der Waals surface area contributed by atoms with Crippen LogP contribution >= 0.6 is 0 Å². The van der Waals surface area contributed by atoms with Crippen molar-refractivity contribution < 1.29 is 17.9 Å². The van der Waals surface area contributed by atoms with Gasteiger partial charge in [0, 0.05) is 6.54 Å². The summed E-state index contributed by atoms with van der Waals surface area (Å²) < 4.78 is 30.9. The first-order chi connectivity index (χ1) is 9.82. The maximum atomic E-state index is 12.5. The van der Waals surface area contributed by atoms with Gasteiger partial charge in [-0.05, 0) is 30.5 Å². The molecular formula is C15H23NO4S. The van der Waals surface area contributed by atoms with E-state index in [-0.39, 0.29) is 24.6 Å². The third kappa shape index (κ3) is 4.54. The molecule has 0 aliphatic heterocycles. The Morgan fingerprint density at radius 1 is 1.19 bits per heavy atom. The van der Waals surface area contributed by atoms with E-state index in [9.17, 15) is 13.2 Å². The zero-order valence-corrected chi connectivity index (χ0v) is 13.8. The Morgan fingerprint density at radius 2 is 1.76 bits per heavy atom. The van der Waals surface area contributed by atoms with Crippen LogP contribution in [0.3, 0.4) is 0 Å². The van der Waals surface area contributed by atoms with Gasteiger partial charge < -0.3 is 4.74 Å². The molecule has 0 heterocycles. The highest BCUT2D eigenvalue weighted by Crippen LogP contribution is 2.20. The number of nitrogens with zero attached hydrogens (tertiary/aromatic N) is 1. The molecule has 0 aliphatic carbocycles. The predicted octanol–water partition coefficient (Wildman–Crippen LogP) is 2.38. The molecule has 118 valence electrons. The first-order valence-electron chi connectivity index (χ1n) is 7.08. The fourth-order valence-electron chi connectivity index (χ4n) is 1.89. The molecule has 1 aromatic rings. The van der Waals surface area contributed by atoms with E-state index in [0.717, 1.165) is 9.87 Å². The lowest BCUT2D eigenvalue weighted by molar-refractivity contribution is -0.143. The second-order valence-electron chi connectivity index (χ2n) is 4.96. The van der Waals surface area contributed by atoms with Crippen molar-refractivity contribution in [1.82, 2.24) is 4.31 Å². The zero-order valence-electron chi connectivity index (χ0n) is 13.0. The van der Waals surface area contributed by atoms with Crippen LogP contribution < -0.4 is 0 Å². The highest BCUT2D eigenvalue weighted by Gasteiger charge is 2.25. The number of sulfonamides is 1. The molecule has 0 saturated carbocycles. The Kier molecular flexibility index (Phi) is 6.36. The first-order valence-corrected chi connectivity index (χ1v) is 8.52. The van der Waals surface area contributed by atoms with Gasteiger partial charge in [-0.15, -0.1) is 0 Å². The normalized spacial score (nSPS) is 11.9. The zero-order chi connectivity index (χ0) is 16.0. The number of esters is 1. The topological polar surface area (TPSA) is 63.7 Å². The summed E-state index contributed by atoms with van der Waals surface area (Å²) in [6, 6.07) is 6.77. The van der Waals surface area contributed by atoms with E-state index in [1.165, 1.54) is 0 Å². The van der Waals surface area contributed by atoms with Crippen LogP contribution in [0.1, 0.15) is 39.2 Å². The number of hydrogen-bond donors (Lipinski definition) is 0. The number of carbonyl (C=O) groups is 1. The van der Waals surface area contributed by atoms with Gasteiger partial charge in [0.05, 0.1) is 11.5 Å². The summed E-state index contributed by atoms with van der Waals surface area (Å²) in [6.45, 7) is 7.66. The summed E-state index contributed by atoms with van der Waals surface area (Å²) >= 11 is 0. The average molecular weight is 313 g/mol. The van der Waals surface area contributed by atoms with Crippen molar-refractivity contribution in [2.45, 2.75) is 38.5 Å². The maximum absolute atomic E-state index is 12.5. The molecule has 6 heteroatoms. The lowest BCUT2D eigenvalue weighted by atomic mass is 10.0. The minimum absolute atomic E-state index is 0.193. The summed E-state index contributed by atoms with van der Waals surface area (Å²) in [5, 5.41) is 0. The van der Waals surface area contributed by atoms with Gasteiger partial charge in [-0.1, -0.05) is 32.9 Å². The average Bonchev–Trinajstić information content (AvgIpc) is 2.45. The molecule has 0 aliphatic rings. The van der Waals surface area contributed by atoms with Crippen LogP contribution in [-0.2, 0) is 19.6 Å². The minimum atomic E-state index is -3.67. The van der Waals surface area contributed by atoms with Gasteiger partial charge in [0.25, 0.3) is 0 Å². The van der Waals surface area contributed by atoms with Gasteiger partial charge in [-0.25, -0.2) is 8.42 Å². The van der Waals surface area contributed by atoms with Crippen molar-refractivity contribution in [3.05, 3.63) is 29.8 Å². The summed E-state index contributed by atoms with van der Waals surface area (Å²) in [5.74, 6) is -0.203. The fraction of sp³-hybridized carbons (Fsp3) is 0.533. The van der Waals surface area contributed by atoms with Crippen LogP contribution in [0.5, 0.6) is 0 Å². The SMILES string of the molecule is CCOC(=O)CN(CC)S(=O)(=O)c1ccc(C(C)C)cc1. The fourth-order valence-corrected chi connectivity index (χ4v) is 3.28. The van der Waals surface area contributed by atoms with Gasteiger partial charge in [-0.2, -0.15) is 4.31 Å². The number of hydrogen-bond acceptors (Lipinski definition) is 4. The molecule has 0 saturated heterocycles. The molecule has 0 N–H and O–H groups in total. The molecule has 1 rings (SSSR count). The van der Waals surface area contributed by atoms with Crippen LogP contribution in [0.15, 0.2) is 29.2 Å². The number of rotatable bonds is 7. The third-order valence-corrected chi connectivity index (χ3v) is 5.08. The molecule has 0 amide bonds. The van der Waals surface area contributed by atoms with Gasteiger partial charge in [0.15, 0.2) is 0 Å². The molecule has 0 fully saturated rings. The van der Waals surface area contributed by atoms with E-state index in [1.807, 2.05) is 13.8 Å². The number of benzene rings is 1. The first kappa shape index (κ1) is 17.7. The van der Waals surface area contributed by atoms with Gasteiger partial charge in [-0.3, -0.25) is 4.79 Å². The van der Waals surface area contributed by atoms with Gasteiger partial charge in [0.2, 0.25) is 10.0 Å². The van der Waals surface area contributed by atoms with Crippen LogP contribution in [-0.4, -0.2) is 38.4 Å². The molecule has 0 aromatic heterocycles. The molecule has 1 aromatic carbocycles. The van der Waals surface area contributed by atoms with Crippen LogP contribution in [0, 0.1) is 0 Å². The van der Waals surface area contributed by atoms with E-state index in [0.29, 0.717) is 5.92 Å². The number of likely N-dealkylation sites (N-methyl/N-ethyl adjacent to an activating group) is 1. The molecule has 21 heavy (non-hydrogen) atoms. The van der Waals surface area contributed by atoms with Gasteiger partial charge >= 0.3 is 5.97 Å². The van der Waals surface area contributed by atoms with Crippen molar-refractivity contribution in [3.8, 4) is 0 Å². The smallest absolute Gasteiger partial charge is 0.321 e. The van der Waals surface area contributed by atoms with Crippen molar-refractivity contribution in [2.75, 3.05) is 19.7 Å². The summed E-state index contributed by atoms with van der Waals surface area (Å²) in [6.07, 6.45) is 0. The summed E-state index contributed by atoms with van der Waals surface area (Å²) in [4.78, 5) is 11.7. The molecule has 5 nitrogen and oxygen atoms in total. The standard InChI is InChI=1S/C15H23NO4S/c1-5-16(11-15(17)20-6-2)21(18,19)14-9-7-13(8-10-14)12(3)4/h7-10,12H,5-6,11H2,1-4H3. The molecule has 0 unspecified atom stereocenters. The van der Waals surface area contributed by atoms with E-state index in [4.69, 9.17) is 4.74 Å². The van der Waals surface area contributed by atoms with E-state index in [1.54, 1.807) is 38.1 Å². The van der Waals surface area contributed by atoms with Crippen molar-refractivity contribution in [1.29, 1.82) is 0 Å². The Bertz CT molecular complexity index is 564.